The number of halogens is 4. The monoisotopic (exact) mass is 454 g/mol. The average Bonchev–Trinajstić information content (AvgIpc) is 2.63. The van der Waals surface area contributed by atoms with Crippen molar-refractivity contribution in [3.8, 4) is 0 Å². The van der Waals surface area contributed by atoms with Crippen LogP contribution < -0.4 is 10.9 Å². The number of pyridine rings is 1. The van der Waals surface area contributed by atoms with Gasteiger partial charge in [-0.25, -0.2) is 23.1 Å². The maximum absolute atomic E-state index is 14.8. The molecule has 2 N–H and O–H groups in total. The van der Waals surface area contributed by atoms with Crippen molar-refractivity contribution in [2.75, 3.05) is 5.32 Å². The summed E-state index contributed by atoms with van der Waals surface area (Å²) in [4.78, 5) is 22.9. The summed E-state index contributed by atoms with van der Waals surface area (Å²) in [6, 6.07) is 4.86. The van der Waals surface area contributed by atoms with Gasteiger partial charge in [-0.3, -0.25) is 4.79 Å². The van der Waals surface area contributed by atoms with Gasteiger partial charge in [0.15, 0.2) is 0 Å². The summed E-state index contributed by atoms with van der Waals surface area (Å²) in [6.45, 7) is 4.61. The fraction of sp³-hybridized carbons (Fsp3) is 0.316. The Bertz CT molecular complexity index is 1100. The molecule has 3 aromatic rings. The molecule has 2 aromatic heterocycles. The molecule has 28 heavy (non-hydrogen) atoms. The summed E-state index contributed by atoms with van der Waals surface area (Å²) in [7, 11) is 0. The number of alkyl halides is 2. The highest BCUT2D eigenvalue weighted by Crippen LogP contribution is 2.36. The van der Waals surface area contributed by atoms with Crippen LogP contribution in [0.1, 0.15) is 43.3 Å². The van der Waals surface area contributed by atoms with E-state index in [9.17, 15) is 18.0 Å². The van der Waals surface area contributed by atoms with Crippen molar-refractivity contribution in [3.05, 3.63) is 61.9 Å². The van der Waals surface area contributed by atoms with Crippen LogP contribution in [0.4, 0.5) is 19.0 Å². The third-order valence-corrected chi connectivity index (χ3v) is 5.05. The minimum absolute atomic E-state index is 0.0959. The van der Waals surface area contributed by atoms with Crippen LogP contribution >= 0.6 is 15.9 Å². The number of hydrogen-bond donors (Lipinski definition) is 2. The minimum Gasteiger partial charge on any atom is -0.363 e. The highest BCUT2D eigenvalue weighted by molar-refractivity contribution is 9.10. The Hall–Kier alpha value is -2.42. The van der Waals surface area contributed by atoms with E-state index in [4.69, 9.17) is 0 Å². The third kappa shape index (κ3) is 3.76. The van der Waals surface area contributed by atoms with Gasteiger partial charge in [0.25, 0.3) is 11.5 Å². The molecule has 0 unspecified atom stereocenters. The van der Waals surface area contributed by atoms with Crippen molar-refractivity contribution in [2.45, 2.75) is 39.2 Å². The van der Waals surface area contributed by atoms with Crippen LogP contribution in [-0.2, 0) is 5.92 Å². The average molecular weight is 455 g/mol. The Labute approximate surface area is 167 Å². The number of nitrogens with one attached hydrogen (secondary N) is 2. The lowest BCUT2D eigenvalue weighted by atomic mass is 9.99. The SMILES string of the molecule is CCC(F)(F)c1cccc([C@@H](C)Nc2nc(C)nc3[nH]c(=O)c(Br)cc23)c1F. The first-order valence-electron chi connectivity index (χ1n) is 8.64. The molecule has 0 radical (unpaired) electrons. The minimum atomic E-state index is -3.25. The molecule has 0 fully saturated rings. The molecule has 0 amide bonds. The zero-order valence-electron chi connectivity index (χ0n) is 15.4. The molecule has 0 saturated heterocycles. The molecule has 0 saturated carbocycles. The normalized spacial score (nSPS) is 13.0. The number of anilines is 1. The van der Waals surface area contributed by atoms with Crippen molar-refractivity contribution in [2.24, 2.45) is 0 Å². The lowest BCUT2D eigenvalue weighted by Gasteiger charge is -2.21. The van der Waals surface area contributed by atoms with E-state index in [0.29, 0.717) is 27.1 Å². The Morgan fingerprint density at radius 1 is 1.32 bits per heavy atom. The van der Waals surface area contributed by atoms with E-state index < -0.39 is 29.8 Å². The first-order chi connectivity index (χ1) is 13.1. The Morgan fingerprint density at radius 2 is 2.04 bits per heavy atom. The van der Waals surface area contributed by atoms with E-state index in [0.717, 1.165) is 6.07 Å². The quantitative estimate of drug-likeness (QED) is 0.555. The highest BCUT2D eigenvalue weighted by atomic mass is 79.9. The molecule has 1 aromatic carbocycles. The van der Waals surface area contributed by atoms with Crippen molar-refractivity contribution in [3.63, 3.8) is 0 Å². The maximum atomic E-state index is 14.8. The van der Waals surface area contributed by atoms with Crippen LogP contribution in [-0.4, -0.2) is 15.0 Å². The van der Waals surface area contributed by atoms with Gasteiger partial charge in [0.2, 0.25) is 0 Å². The number of aromatic nitrogens is 3. The highest BCUT2D eigenvalue weighted by Gasteiger charge is 2.33. The van der Waals surface area contributed by atoms with Gasteiger partial charge in [-0.05, 0) is 35.8 Å². The molecule has 3 rings (SSSR count). The Kier molecular flexibility index (Phi) is 5.47. The summed E-state index contributed by atoms with van der Waals surface area (Å²) in [6.07, 6.45) is -0.494. The molecule has 0 bridgehead atoms. The number of nitrogens with zero attached hydrogens (tertiary/aromatic N) is 2. The fourth-order valence-corrected chi connectivity index (χ4v) is 3.25. The number of hydrogen-bond acceptors (Lipinski definition) is 4. The number of benzene rings is 1. The molecule has 0 spiro atoms. The number of aryl methyl sites for hydroxylation is 1. The van der Waals surface area contributed by atoms with E-state index in [2.05, 4.69) is 36.2 Å². The molecule has 1 atom stereocenters. The van der Waals surface area contributed by atoms with Gasteiger partial charge >= 0.3 is 0 Å². The summed E-state index contributed by atoms with van der Waals surface area (Å²) < 4.78 is 43.2. The Balaban J connectivity index is 2.05. The third-order valence-electron chi connectivity index (χ3n) is 4.46. The summed E-state index contributed by atoms with van der Waals surface area (Å²) >= 11 is 3.16. The smallest absolute Gasteiger partial charge is 0.275 e. The van der Waals surface area contributed by atoms with Gasteiger partial charge in [-0.1, -0.05) is 25.1 Å². The molecule has 148 valence electrons. The largest absolute Gasteiger partial charge is 0.363 e. The fourth-order valence-electron chi connectivity index (χ4n) is 2.92. The second-order valence-electron chi connectivity index (χ2n) is 6.46. The summed E-state index contributed by atoms with van der Waals surface area (Å²) in [5.74, 6) is -3.44. The second kappa shape index (κ2) is 7.54. The van der Waals surface area contributed by atoms with Crippen LogP contribution in [0, 0.1) is 12.7 Å². The molecule has 2 heterocycles. The lowest BCUT2D eigenvalue weighted by molar-refractivity contribution is -0.0119. The van der Waals surface area contributed by atoms with E-state index in [1.165, 1.54) is 19.1 Å². The predicted octanol–water partition coefficient (Wildman–Crippen LogP) is 5.20. The molecular weight excluding hydrogens is 437 g/mol. The number of H-pyrrole nitrogens is 1. The molecule has 9 heteroatoms. The number of fused-ring (bicyclic) bond motifs is 1. The van der Waals surface area contributed by atoms with Crippen molar-refractivity contribution >= 4 is 32.8 Å². The Morgan fingerprint density at radius 3 is 2.71 bits per heavy atom. The maximum Gasteiger partial charge on any atom is 0.275 e. The van der Waals surface area contributed by atoms with Gasteiger partial charge < -0.3 is 10.3 Å². The van der Waals surface area contributed by atoms with Gasteiger partial charge in [0.05, 0.1) is 21.5 Å². The van der Waals surface area contributed by atoms with Crippen LogP contribution in [0.2, 0.25) is 0 Å². The van der Waals surface area contributed by atoms with Gasteiger partial charge in [0, 0.05) is 12.0 Å². The van der Waals surface area contributed by atoms with Crippen molar-refractivity contribution in [1.29, 1.82) is 0 Å². The molecule has 0 aliphatic carbocycles. The van der Waals surface area contributed by atoms with Gasteiger partial charge in [-0.2, -0.15) is 0 Å². The zero-order valence-corrected chi connectivity index (χ0v) is 17.0. The van der Waals surface area contributed by atoms with E-state index in [-0.39, 0.29) is 11.1 Å². The molecule has 0 aliphatic rings. The van der Waals surface area contributed by atoms with Gasteiger partial charge in [-0.15, -0.1) is 0 Å². The van der Waals surface area contributed by atoms with Crippen molar-refractivity contribution in [1.82, 2.24) is 15.0 Å². The van der Waals surface area contributed by atoms with Gasteiger partial charge in [0.1, 0.15) is 23.1 Å². The molecule has 0 aliphatic heterocycles. The number of rotatable bonds is 5. The van der Waals surface area contributed by atoms with E-state index >= 15 is 0 Å². The van der Waals surface area contributed by atoms with Crippen LogP contribution in [0.5, 0.6) is 0 Å². The lowest BCUT2D eigenvalue weighted by Crippen LogP contribution is -2.18. The first kappa shape index (κ1) is 20.3. The predicted molar refractivity (Wildman–Crippen MR) is 105 cm³/mol. The van der Waals surface area contributed by atoms with Crippen molar-refractivity contribution < 1.29 is 13.2 Å². The van der Waals surface area contributed by atoms with E-state index in [1.54, 1.807) is 19.9 Å². The zero-order chi connectivity index (χ0) is 20.6. The standard InChI is InChI=1S/C19H18BrF3N4O/c1-4-19(22,23)13-7-5-6-11(15(13)21)9(2)24-16-12-8-14(20)18(28)27-17(12)26-10(3)25-16/h5-9H,4H2,1-3H3,(H2,24,25,26,27,28)/t9-/m1/s1. The number of aromatic amines is 1. The molecular formula is C19H18BrF3N4O. The van der Waals surface area contributed by atoms with Crippen LogP contribution in [0.25, 0.3) is 11.0 Å². The van der Waals surface area contributed by atoms with E-state index in [1.807, 2.05) is 0 Å². The van der Waals surface area contributed by atoms with Crippen LogP contribution in [0.3, 0.4) is 0 Å². The molecule has 5 nitrogen and oxygen atoms in total. The second-order valence-corrected chi connectivity index (χ2v) is 7.32. The first-order valence-corrected chi connectivity index (χ1v) is 9.43. The summed E-state index contributed by atoms with van der Waals surface area (Å²) in [5.41, 5.74) is -0.553. The summed E-state index contributed by atoms with van der Waals surface area (Å²) in [5, 5.41) is 3.56. The van der Waals surface area contributed by atoms with Crippen LogP contribution in [0.15, 0.2) is 33.5 Å². The topological polar surface area (TPSA) is 70.7 Å².